The molecular weight excluding hydrogens is 366 g/mol. The van der Waals surface area contributed by atoms with Crippen LogP contribution in [0.3, 0.4) is 0 Å². The molecule has 0 saturated carbocycles. The van der Waals surface area contributed by atoms with Gasteiger partial charge in [0.1, 0.15) is 5.58 Å². The van der Waals surface area contributed by atoms with Crippen LogP contribution < -0.4 is 10.6 Å². The number of carbonyl (C=O) groups excluding carboxylic acids is 2. The predicted octanol–water partition coefficient (Wildman–Crippen LogP) is 2.43. The van der Waals surface area contributed by atoms with Crippen molar-refractivity contribution < 1.29 is 14.0 Å². The highest BCUT2D eigenvalue weighted by molar-refractivity contribution is 5.96. The molecule has 2 N–H and O–H groups in total. The summed E-state index contributed by atoms with van der Waals surface area (Å²) in [6.07, 6.45) is 1.79. The number of furan rings is 1. The Labute approximate surface area is 165 Å². The van der Waals surface area contributed by atoms with Crippen molar-refractivity contribution in [3.8, 4) is 0 Å². The number of likely N-dealkylation sites (tertiary alicyclic amines) is 1. The van der Waals surface area contributed by atoms with E-state index in [1.807, 2.05) is 36.1 Å². The summed E-state index contributed by atoms with van der Waals surface area (Å²) in [6, 6.07) is 9.32. The second-order valence-corrected chi connectivity index (χ2v) is 7.45. The van der Waals surface area contributed by atoms with Crippen LogP contribution in [-0.2, 0) is 4.79 Å². The van der Waals surface area contributed by atoms with E-state index < -0.39 is 0 Å². The van der Waals surface area contributed by atoms with Gasteiger partial charge in [-0.15, -0.1) is 12.4 Å². The highest BCUT2D eigenvalue weighted by atomic mass is 35.5. The van der Waals surface area contributed by atoms with Gasteiger partial charge in [-0.2, -0.15) is 0 Å². The van der Waals surface area contributed by atoms with E-state index >= 15 is 0 Å². The van der Waals surface area contributed by atoms with Gasteiger partial charge in [-0.3, -0.25) is 9.59 Å². The fourth-order valence-corrected chi connectivity index (χ4v) is 3.80. The number of piperidine rings is 1. The average molecular weight is 392 g/mol. The number of hydrogen-bond acceptors (Lipinski definition) is 4. The van der Waals surface area contributed by atoms with Crippen LogP contribution in [-0.4, -0.2) is 48.9 Å². The van der Waals surface area contributed by atoms with E-state index in [9.17, 15) is 9.59 Å². The molecule has 27 heavy (non-hydrogen) atoms. The normalized spacial score (nSPS) is 21.2. The van der Waals surface area contributed by atoms with Crippen molar-refractivity contribution in [3.63, 3.8) is 0 Å². The van der Waals surface area contributed by atoms with Crippen molar-refractivity contribution in [2.45, 2.75) is 25.8 Å². The molecule has 2 saturated heterocycles. The maximum atomic E-state index is 12.7. The zero-order chi connectivity index (χ0) is 18.1. The molecule has 2 amide bonds. The summed E-state index contributed by atoms with van der Waals surface area (Å²) in [6.45, 7) is 5.22. The first-order valence-electron chi connectivity index (χ1n) is 9.41. The van der Waals surface area contributed by atoms with Gasteiger partial charge >= 0.3 is 0 Å². The van der Waals surface area contributed by atoms with Crippen LogP contribution in [0, 0.1) is 11.8 Å². The molecule has 0 spiro atoms. The van der Waals surface area contributed by atoms with Crippen molar-refractivity contribution in [3.05, 3.63) is 36.1 Å². The van der Waals surface area contributed by atoms with Crippen LogP contribution in [0.1, 0.15) is 30.3 Å². The van der Waals surface area contributed by atoms with Crippen LogP contribution in [0.2, 0.25) is 0 Å². The summed E-state index contributed by atoms with van der Waals surface area (Å²) in [5, 5.41) is 7.18. The second kappa shape index (κ2) is 8.31. The highest BCUT2D eigenvalue weighted by Crippen LogP contribution is 2.22. The summed E-state index contributed by atoms with van der Waals surface area (Å²) in [7, 11) is 0. The lowest BCUT2D eigenvalue weighted by atomic mass is 9.87. The van der Waals surface area contributed by atoms with Crippen molar-refractivity contribution in [1.29, 1.82) is 0 Å². The number of rotatable bonds is 4. The minimum absolute atomic E-state index is 0. The Morgan fingerprint density at radius 1 is 1.30 bits per heavy atom. The molecule has 1 aromatic heterocycles. The molecule has 2 fully saturated rings. The molecule has 4 rings (SSSR count). The van der Waals surface area contributed by atoms with E-state index in [2.05, 4.69) is 10.6 Å². The summed E-state index contributed by atoms with van der Waals surface area (Å²) in [4.78, 5) is 27.2. The lowest BCUT2D eigenvalue weighted by Gasteiger charge is -2.38. The SMILES string of the molecule is CC(C(=O)N1CCCC(NC(=O)c2cc3ccccc3o2)C1)C1CNC1.Cl. The van der Waals surface area contributed by atoms with Crippen LogP contribution in [0.4, 0.5) is 0 Å². The maximum absolute atomic E-state index is 12.7. The van der Waals surface area contributed by atoms with Crippen molar-refractivity contribution in [1.82, 2.24) is 15.5 Å². The number of halogens is 1. The molecule has 0 aliphatic carbocycles. The van der Waals surface area contributed by atoms with Gasteiger partial charge in [0, 0.05) is 30.4 Å². The molecule has 0 radical (unpaired) electrons. The van der Waals surface area contributed by atoms with Crippen LogP contribution in [0.15, 0.2) is 34.7 Å². The van der Waals surface area contributed by atoms with Crippen molar-refractivity contribution >= 4 is 35.2 Å². The number of hydrogen-bond donors (Lipinski definition) is 2. The fraction of sp³-hybridized carbons (Fsp3) is 0.500. The number of nitrogens with one attached hydrogen (secondary N) is 2. The molecule has 3 heterocycles. The van der Waals surface area contributed by atoms with Gasteiger partial charge in [0.05, 0.1) is 0 Å². The van der Waals surface area contributed by atoms with E-state index in [0.29, 0.717) is 23.8 Å². The molecule has 2 atom stereocenters. The second-order valence-electron chi connectivity index (χ2n) is 7.45. The summed E-state index contributed by atoms with van der Waals surface area (Å²) in [5.41, 5.74) is 0.709. The fourth-order valence-electron chi connectivity index (χ4n) is 3.80. The van der Waals surface area contributed by atoms with Gasteiger partial charge in [-0.25, -0.2) is 0 Å². The zero-order valence-electron chi connectivity index (χ0n) is 15.4. The molecule has 1 aromatic carbocycles. The molecule has 2 aromatic rings. The summed E-state index contributed by atoms with van der Waals surface area (Å²) in [5.74, 6) is 0.800. The Hall–Kier alpha value is -2.05. The topological polar surface area (TPSA) is 74.6 Å². The molecular formula is C20H26ClN3O3. The first-order valence-corrected chi connectivity index (χ1v) is 9.41. The number of benzene rings is 1. The molecule has 146 valence electrons. The predicted molar refractivity (Wildman–Crippen MR) is 106 cm³/mol. The quantitative estimate of drug-likeness (QED) is 0.839. The monoisotopic (exact) mass is 391 g/mol. The summed E-state index contributed by atoms with van der Waals surface area (Å²) >= 11 is 0. The first-order chi connectivity index (χ1) is 12.6. The third kappa shape index (κ3) is 4.12. The Kier molecular flexibility index (Phi) is 6.07. The molecule has 2 aliphatic heterocycles. The third-order valence-corrected chi connectivity index (χ3v) is 5.63. The van der Waals surface area contributed by atoms with Crippen molar-refractivity contribution in [2.75, 3.05) is 26.2 Å². The number of para-hydroxylation sites is 1. The van der Waals surface area contributed by atoms with E-state index in [1.54, 1.807) is 6.07 Å². The zero-order valence-corrected chi connectivity index (χ0v) is 16.3. The van der Waals surface area contributed by atoms with Crippen LogP contribution in [0.25, 0.3) is 11.0 Å². The summed E-state index contributed by atoms with van der Waals surface area (Å²) < 4.78 is 5.64. The standard InChI is InChI=1S/C20H25N3O3.ClH/c1-13(15-10-21-11-15)20(25)23-8-4-6-16(12-23)22-19(24)18-9-14-5-2-3-7-17(14)26-18;/h2-3,5,7,9,13,15-16,21H,4,6,8,10-12H2,1H3,(H,22,24);1H. The van der Waals surface area contributed by atoms with Gasteiger partial charge in [0.25, 0.3) is 5.91 Å². The Morgan fingerprint density at radius 3 is 2.78 bits per heavy atom. The smallest absolute Gasteiger partial charge is 0.287 e. The number of amides is 2. The molecule has 2 unspecified atom stereocenters. The number of carbonyl (C=O) groups is 2. The van der Waals surface area contributed by atoms with Crippen LogP contribution in [0.5, 0.6) is 0 Å². The Morgan fingerprint density at radius 2 is 2.07 bits per heavy atom. The third-order valence-electron chi connectivity index (χ3n) is 5.63. The largest absolute Gasteiger partial charge is 0.451 e. The minimum Gasteiger partial charge on any atom is -0.451 e. The van der Waals surface area contributed by atoms with E-state index in [-0.39, 0.29) is 36.2 Å². The van der Waals surface area contributed by atoms with Gasteiger partial charge in [-0.05, 0) is 44.0 Å². The minimum atomic E-state index is -0.211. The van der Waals surface area contributed by atoms with E-state index in [4.69, 9.17) is 4.42 Å². The highest BCUT2D eigenvalue weighted by Gasteiger charge is 2.34. The average Bonchev–Trinajstić information content (AvgIpc) is 3.04. The number of fused-ring (bicyclic) bond motifs is 1. The van der Waals surface area contributed by atoms with E-state index in [1.165, 1.54) is 0 Å². The van der Waals surface area contributed by atoms with Gasteiger partial charge in [0.15, 0.2) is 5.76 Å². The van der Waals surface area contributed by atoms with Crippen LogP contribution >= 0.6 is 12.4 Å². The van der Waals surface area contributed by atoms with Gasteiger partial charge < -0.3 is 20.0 Å². The maximum Gasteiger partial charge on any atom is 0.287 e. The molecule has 0 bridgehead atoms. The van der Waals surface area contributed by atoms with Crippen molar-refractivity contribution in [2.24, 2.45) is 11.8 Å². The Balaban J connectivity index is 0.00000210. The first kappa shape index (κ1) is 19.7. The molecule has 2 aliphatic rings. The molecule has 6 nitrogen and oxygen atoms in total. The Bertz CT molecular complexity index is 785. The number of nitrogens with zero attached hydrogens (tertiary/aromatic N) is 1. The van der Waals surface area contributed by atoms with E-state index in [0.717, 1.165) is 37.9 Å². The molecule has 7 heteroatoms. The lowest BCUT2D eigenvalue weighted by molar-refractivity contribution is -0.138. The lowest BCUT2D eigenvalue weighted by Crippen LogP contribution is -2.54. The van der Waals surface area contributed by atoms with Gasteiger partial charge in [-0.1, -0.05) is 25.1 Å². The van der Waals surface area contributed by atoms with Gasteiger partial charge in [0.2, 0.25) is 5.91 Å².